The van der Waals surface area contributed by atoms with E-state index in [0.29, 0.717) is 19.3 Å². The number of rotatable bonds is 1. The molecule has 0 radical (unpaired) electrons. The molecule has 5 heteroatoms. The van der Waals surface area contributed by atoms with Crippen LogP contribution in [0.2, 0.25) is 0 Å². The number of aliphatic carboxylic acids is 1. The highest BCUT2D eigenvalue weighted by Gasteiger charge is 2.83. The Kier molecular flexibility index (Phi) is 2.62. The van der Waals surface area contributed by atoms with Crippen molar-refractivity contribution >= 4 is 11.9 Å². The first-order valence-electron chi connectivity index (χ1n) is 9.44. The predicted octanol–water partition coefficient (Wildman–Crippen LogP) is 2.53. The fourth-order valence-electron chi connectivity index (χ4n) is 7.96. The van der Waals surface area contributed by atoms with Crippen molar-refractivity contribution in [2.24, 2.45) is 34.0 Å². The van der Waals surface area contributed by atoms with Crippen LogP contribution in [0, 0.1) is 34.0 Å². The van der Waals surface area contributed by atoms with Gasteiger partial charge in [-0.15, -0.1) is 0 Å². The van der Waals surface area contributed by atoms with E-state index in [0.717, 1.165) is 24.8 Å². The van der Waals surface area contributed by atoms with Gasteiger partial charge in [-0.05, 0) is 56.3 Å². The average Bonchev–Trinajstić information content (AvgIpc) is 2.95. The Balaban J connectivity index is 1.76. The Morgan fingerprint density at radius 2 is 2.00 bits per heavy atom. The van der Waals surface area contributed by atoms with E-state index in [4.69, 9.17) is 4.74 Å². The molecule has 0 aromatic carbocycles. The van der Waals surface area contributed by atoms with Crippen molar-refractivity contribution in [1.29, 1.82) is 0 Å². The smallest absolute Gasteiger partial charge is 0.315 e. The Hall–Kier alpha value is -1.36. The van der Waals surface area contributed by atoms with E-state index in [1.165, 1.54) is 0 Å². The van der Waals surface area contributed by atoms with Crippen molar-refractivity contribution in [2.75, 3.05) is 0 Å². The molecule has 4 bridgehead atoms. The van der Waals surface area contributed by atoms with E-state index < -0.39 is 40.9 Å². The highest BCUT2D eigenvalue weighted by atomic mass is 16.6. The number of esters is 1. The summed E-state index contributed by atoms with van der Waals surface area (Å²) in [6, 6.07) is 0. The Bertz CT molecular complexity index is 730. The second kappa shape index (κ2) is 4.13. The van der Waals surface area contributed by atoms with Crippen molar-refractivity contribution in [2.45, 2.75) is 64.1 Å². The molecular weight excluding hydrogens is 320 g/mol. The van der Waals surface area contributed by atoms with E-state index in [9.17, 15) is 19.8 Å². The van der Waals surface area contributed by atoms with Gasteiger partial charge in [0.15, 0.2) is 0 Å². The molecule has 1 aliphatic heterocycles. The number of hydrogen-bond acceptors (Lipinski definition) is 4. The van der Waals surface area contributed by atoms with E-state index in [1.54, 1.807) is 6.92 Å². The van der Waals surface area contributed by atoms with Gasteiger partial charge >= 0.3 is 11.9 Å². The zero-order valence-corrected chi connectivity index (χ0v) is 14.9. The maximum Gasteiger partial charge on any atom is 0.315 e. The highest BCUT2D eigenvalue weighted by Crippen LogP contribution is 2.79. The third kappa shape index (κ3) is 1.41. The molecule has 0 unspecified atom stereocenters. The molecule has 4 saturated carbocycles. The van der Waals surface area contributed by atoms with Crippen molar-refractivity contribution in [3.05, 3.63) is 12.2 Å². The summed E-state index contributed by atoms with van der Waals surface area (Å²) in [7, 11) is 0. The molecule has 5 fully saturated rings. The summed E-state index contributed by atoms with van der Waals surface area (Å²) in [5, 5.41) is 20.9. The number of ether oxygens (including phenoxy) is 1. The number of carbonyl (C=O) groups is 2. The van der Waals surface area contributed by atoms with Crippen LogP contribution < -0.4 is 0 Å². The average molecular weight is 346 g/mol. The van der Waals surface area contributed by atoms with E-state index >= 15 is 0 Å². The van der Waals surface area contributed by atoms with Crippen LogP contribution >= 0.6 is 0 Å². The first-order chi connectivity index (χ1) is 11.6. The Morgan fingerprint density at radius 3 is 2.68 bits per heavy atom. The van der Waals surface area contributed by atoms with E-state index in [2.05, 4.69) is 13.5 Å². The molecule has 1 heterocycles. The minimum Gasteiger partial charge on any atom is -0.481 e. The number of allylic oxidation sites excluding steroid dienone is 1. The number of aliphatic hydroxyl groups excluding tert-OH is 1. The lowest BCUT2D eigenvalue weighted by molar-refractivity contribution is -0.163. The predicted molar refractivity (Wildman–Crippen MR) is 88.4 cm³/mol. The molecule has 4 aliphatic carbocycles. The normalized spacial score (nSPS) is 58.7. The summed E-state index contributed by atoms with van der Waals surface area (Å²) in [5.74, 6) is -2.25. The van der Waals surface area contributed by atoms with Gasteiger partial charge in [-0.25, -0.2) is 0 Å². The minimum absolute atomic E-state index is 0.00287. The third-order valence-corrected chi connectivity index (χ3v) is 9.00. The molecule has 5 aliphatic rings. The van der Waals surface area contributed by atoms with Gasteiger partial charge in [0.25, 0.3) is 0 Å². The van der Waals surface area contributed by atoms with Crippen LogP contribution in [0.1, 0.15) is 52.4 Å². The number of carbonyl (C=O) groups excluding carboxylic acids is 1. The zero-order chi connectivity index (χ0) is 18.0. The summed E-state index contributed by atoms with van der Waals surface area (Å²) in [6.07, 6.45) is 3.67. The van der Waals surface area contributed by atoms with Gasteiger partial charge < -0.3 is 14.9 Å². The maximum absolute atomic E-state index is 12.8. The van der Waals surface area contributed by atoms with Crippen LogP contribution in [0.5, 0.6) is 0 Å². The number of carboxylic acid groups (broad SMARTS) is 1. The molecule has 1 saturated heterocycles. The monoisotopic (exact) mass is 346 g/mol. The quantitative estimate of drug-likeness (QED) is 0.563. The second-order valence-corrected chi connectivity index (χ2v) is 9.82. The molecule has 5 nitrogen and oxygen atoms in total. The molecule has 0 aromatic rings. The molecule has 136 valence electrons. The van der Waals surface area contributed by atoms with Crippen LogP contribution in [-0.2, 0) is 14.3 Å². The zero-order valence-electron chi connectivity index (χ0n) is 14.9. The Labute approximate surface area is 147 Å². The SMILES string of the molecule is C=C1C[C@]23C[C@@]1(C)CC[C@H]2[C@@]12CC[C@H](O)[C@@](C)(C(=O)O1)[C@H]2[C@@H]3C(=O)O. The topological polar surface area (TPSA) is 83.8 Å². The number of fused-ring (bicyclic) bond motifs is 1. The van der Waals surface area contributed by atoms with Gasteiger partial charge in [0.05, 0.1) is 17.4 Å². The standard InChI is InChI=1S/C20H26O5/c1-10-8-19-9-17(10,2)6-4-11(19)20-7-5-12(21)18(3,16(24)25-20)14(20)13(19)15(22)23/h11-14,21H,1,4-9H2,2-3H3,(H,22,23)/t11-,12+,13-,14-,17-,18-,19+,20-/m1/s1. The lowest BCUT2D eigenvalue weighted by Crippen LogP contribution is -2.53. The van der Waals surface area contributed by atoms with E-state index in [-0.39, 0.29) is 16.7 Å². The second-order valence-electron chi connectivity index (χ2n) is 9.82. The van der Waals surface area contributed by atoms with Gasteiger partial charge in [0.2, 0.25) is 0 Å². The third-order valence-electron chi connectivity index (χ3n) is 9.00. The fourth-order valence-corrected chi connectivity index (χ4v) is 7.96. The summed E-state index contributed by atoms with van der Waals surface area (Å²) in [5.41, 5.74) is -1.04. The van der Waals surface area contributed by atoms with Gasteiger partial charge in [-0.3, -0.25) is 9.59 Å². The molecule has 25 heavy (non-hydrogen) atoms. The van der Waals surface area contributed by atoms with Crippen LogP contribution in [-0.4, -0.2) is 33.9 Å². The molecular formula is C20H26O5. The van der Waals surface area contributed by atoms with Crippen LogP contribution in [0.25, 0.3) is 0 Å². The van der Waals surface area contributed by atoms with Gasteiger partial charge in [0.1, 0.15) is 5.60 Å². The van der Waals surface area contributed by atoms with Crippen molar-refractivity contribution in [1.82, 2.24) is 0 Å². The van der Waals surface area contributed by atoms with Gasteiger partial charge in [-0.1, -0.05) is 19.1 Å². The highest BCUT2D eigenvalue weighted by molar-refractivity contribution is 5.85. The largest absolute Gasteiger partial charge is 0.481 e. The Morgan fingerprint density at radius 1 is 1.28 bits per heavy atom. The molecule has 8 atom stereocenters. The first kappa shape index (κ1) is 15.9. The molecule has 0 amide bonds. The summed E-state index contributed by atoms with van der Waals surface area (Å²) >= 11 is 0. The summed E-state index contributed by atoms with van der Waals surface area (Å²) < 4.78 is 6.04. The molecule has 2 N–H and O–H groups in total. The summed E-state index contributed by atoms with van der Waals surface area (Å²) in [4.78, 5) is 25.3. The van der Waals surface area contributed by atoms with E-state index in [1.807, 2.05) is 0 Å². The van der Waals surface area contributed by atoms with Crippen LogP contribution in [0.15, 0.2) is 12.2 Å². The molecule has 5 rings (SSSR count). The lowest BCUT2D eigenvalue weighted by atomic mass is 9.59. The fraction of sp³-hybridized carbons (Fsp3) is 0.800. The number of hydrogen-bond donors (Lipinski definition) is 2. The van der Waals surface area contributed by atoms with Crippen LogP contribution in [0.4, 0.5) is 0 Å². The number of aliphatic hydroxyl groups is 1. The molecule has 0 aromatic heterocycles. The van der Waals surface area contributed by atoms with Crippen molar-refractivity contribution in [3.63, 3.8) is 0 Å². The van der Waals surface area contributed by atoms with Gasteiger partial charge in [-0.2, -0.15) is 0 Å². The summed E-state index contributed by atoms with van der Waals surface area (Å²) in [6.45, 7) is 8.23. The first-order valence-corrected chi connectivity index (χ1v) is 9.44. The lowest BCUT2D eigenvalue weighted by Gasteiger charge is -2.46. The van der Waals surface area contributed by atoms with Gasteiger partial charge in [0, 0.05) is 11.8 Å². The van der Waals surface area contributed by atoms with Crippen LogP contribution in [0.3, 0.4) is 0 Å². The number of carboxylic acids is 1. The molecule has 1 spiro atoms. The maximum atomic E-state index is 12.8. The van der Waals surface area contributed by atoms with Crippen molar-refractivity contribution < 1.29 is 24.5 Å². The minimum atomic E-state index is -1.10. The van der Waals surface area contributed by atoms with Crippen molar-refractivity contribution in [3.8, 4) is 0 Å².